The summed E-state index contributed by atoms with van der Waals surface area (Å²) in [6.45, 7) is 10.4. The summed E-state index contributed by atoms with van der Waals surface area (Å²) in [6.07, 6.45) is 2.99. The Labute approximate surface area is 147 Å². The second-order valence-electron chi connectivity index (χ2n) is 6.00. The van der Waals surface area contributed by atoms with E-state index in [9.17, 15) is 9.59 Å². The summed E-state index contributed by atoms with van der Waals surface area (Å²) in [7, 11) is 1.29. The zero-order chi connectivity index (χ0) is 18.3. The molecule has 2 amide bonds. The smallest absolute Gasteiger partial charge is 0.407 e. The van der Waals surface area contributed by atoms with Crippen LogP contribution in [0.5, 0.6) is 0 Å². The number of H-pyrrole nitrogens is 1. The van der Waals surface area contributed by atoms with E-state index in [1.54, 1.807) is 11.1 Å². The van der Waals surface area contributed by atoms with E-state index in [2.05, 4.69) is 20.0 Å². The molecule has 0 radical (unpaired) electrons. The number of carbonyl (C=O) groups is 2. The van der Waals surface area contributed by atoms with Crippen molar-refractivity contribution in [3.05, 3.63) is 17.7 Å². The first-order chi connectivity index (χ1) is 11.4. The van der Waals surface area contributed by atoms with Crippen LogP contribution in [0, 0.1) is 12.8 Å². The lowest BCUT2D eigenvalue weighted by Crippen LogP contribution is -2.51. The van der Waals surface area contributed by atoms with Gasteiger partial charge < -0.3 is 19.9 Å². The van der Waals surface area contributed by atoms with Gasteiger partial charge in [-0.3, -0.25) is 4.79 Å². The van der Waals surface area contributed by atoms with Crippen molar-refractivity contribution in [1.82, 2.24) is 20.2 Å². The minimum absolute atomic E-state index is 0. The highest BCUT2D eigenvalue weighted by molar-refractivity contribution is 5.86. The molecule has 0 aliphatic carbocycles. The van der Waals surface area contributed by atoms with Gasteiger partial charge in [-0.25, -0.2) is 9.78 Å². The fraction of sp³-hybridized carbons (Fsp3) is 0.706. The third-order valence-electron chi connectivity index (χ3n) is 3.97. The van der Waals surface area contributed by atoms with Crippen molar-refractivity contribution in [2.45, 2.75) is 59.5 Å². The molecule has 1 unspecified atom stereocenters. The fourth-order valence-electron chi connectivity index (χ4n) is 2.80. The van der Waals surface area contributed by atoms with Crippen LogP contribution in [0.25, 0.3) is 0 Å². The molecule has 0 bridgehead atoms. The number of imidazole rings is 1. The number of aryl methyl sites for hydroxylation is 1. The molecule has 1 aromatic heterocycles. The average Bonchev–Trinajstić information content (AvgIpc) is 3.21. The van der Waals surface area contributed by atoms with Crippen molar-refractivity contribution in [3.63, 3.8) is 0 Å². The first kappa shape index (κ1) is 20.0. The van der Waals surface area contributed by atoms with Crippen molar-refractivity contribution in [1.29, 1.82) is 0 Å². The van der Waals surface area contributed by atoms with Gasteiger partial charge in [0, 0.05) is 21.3 Å². The highest BCUT2D eigenvalue weighted by Gasteiger charge is 2.37. The van der Waals surface area contributed by atoms with E-state index in [0.717, 1.165) is 24.4 Å². The molecule has 2 heterocycles. The zero-order valence-electron chi connectivity index (χ0n) is 15.5. The van der Waals surface area contributed by atoms with Gasteiger partial charge in [0.2, 0.25) is 5.91 Å². The maximum Gasteiger partial charge on any atom is 0.407 e. The summed E-state index contributed by atoms with van der Waals surface area (Å²) in [5.74, 6) is 0.701. The second-order valence-corrected chi connectivity index (χ2v) is 6.00. The van der Waals surface area contributed by atoms with Gasteiger partial charge in [-0.05, 0) is 25.7 Å². The topological polar surface area (TPSA) is 87.3 Å². The van der Waals surface area contributed by atoms with E-state index >= 15 is 0 Å². The number of alkyl carbamates (subject to hydrolysis) is 1. The molecule has 1 aliphatic heterocycles. The van der Waals surface area contributed by atoms with Crippen molar-refractivity contribution in [3.8, 4) is 0 Å². The number of hydrogen-bond donors (Lipinski definition) is 2. The van der Waals surface area contributed by atoms with Crippen LogP contribution in [0.2, 0.25) is 0 Å². The first-order valence-corrected chi connectivity index (χ1v) is 8.60. The molecule has 0 aromatic carbocycles. The summed E-state index contributed by atoms with van der Waals surface area (Å²) in [6, 6.07) is -0.647. The highest BCUT2D eigenvalue weighted by atomic mass is 16.5. The average molecular weight is 342 g/mol. The Morgan fingerprint density at radius 1 is 1.46 bits per heavy atom. The van der Waals surface area contributed by atoms with Crippen molar-refractivity contribution >= 4 is 12.0 Å². The maximum absolute atomic E-state index is 12.8. The number of nitrogens with one attached hydrogen (secondary N) is 2. The van der Waals surface area contributed by atoms with Crippen molar-refractivity contribution < 1.29 is 17.2 Å². The van der Waals surface area contributed by atoms with Gasteiger partial charge in [0.15, 0.2) is 0 Å². The fourth-order valence-corrected chi connectivity index (χ4v) is 2.80. The van der Waals surface area contributed by atoms with E-state index in [4.69, 9.17) is 0 Å². The summed E-state index contributed by atoms with van der Waals surface area (Å²) in [5.41, 5.74) is 0.974. The lowest BCUT2D eigenvalue weighted by molar-refractivity contribution is -0.135. The van der Waals surface area contributed by atoms with E-state index in [1.165, 1.54) is 7.11 Å². The molecule has 0 spiro atoms. The molecule has 0 saturated carbocycles. The zero-order valence-corrected chi connectivity index (χ0v) is 15.5. The van der Waals surface area contributed by atoms with Gasteiger partial charge in [0.05, 0.1) is 13.2 Å². The number of ether oxygens (including phenoxy) is 1. The van der Waals surface area contributed by atoms with Crippen molar-refractivity contribution in [2.75, 3.05) is 13.7 Å². The van der Waals surface area contributed by atoms with E-state index in [-0.39, 0.29) is 20.7 Å². The van der Waals surface area contributed by atoms with Crippen LogP contribution in [0.3, 0.4) is 0 Å². The van der Waals surface area contributed by atoms with Gasteiger partial charge in [-0.1, -0.05) is 27.7 Å². The Hall–Kier alpha value is -2.05. The Morgan fingerprint density at radius 3 is 2.62 bits per heavy atom. The monoisotopic (exact) mass is 342 g/mol. The summed E-state index contributed by atoms with van der Waals surface area (Å²) < 4.78 is 4.62. The molecule has 2 N–H and O–H groups in total. The molecule has 2 atom stereocenters. The third-order valence-corrected chi connectivity index (χ3v) is 3.97. The molecular formula is C17H34N4O3. The number of aromatic amines is 1. The van der Waals surface area contributed by atoms with Crippen molar-refractivity contribution in [2.24, 2.45) is 5.92 Å². The molecule has 24 heavy (non-hydrogen) atoms. The number of amides is 2. The summed E-state index contributed by atoms with van der Waals surface area (Å²) >= 11 is 0. The predicted octanol–water partition coefficient (Wildman–Crippen LogP) is 3.28. The molecule has 2 rings (SSSR count). The molecule has 140 valence electrons. The Morgan fingerprint density at radius 2 is 2.12 bits per heavy atom. The number of methoxy groups -OCH3 is 1. The summed E-state index contributed by atoms with van der Waals surface area (Å²) in [5, 5.41) is 2.64. The first-order valence-electron chi connectivity index (χ1n) is 8.60. The van der Waals surface area contributed by atoms with Crippen LogP contribution in [0.4, 0.5) is 4.79 Å². The van der Waals surface area contributed by atoms with E-state index in [0.29, 0.717) is 6.54 Å². The Bertz CT molecular complexity index is 552. The molecule has 7 heteroatoms. The normalized spacial score (nSPS) is 18.0. The van der Waals surface area contributed by atoms with Gasteiger partial charge in [-0.15, -0.1) is 0 Å². The molecule has 7 nitrogen and oxygen atoms in total. The minimum Gasteiger partial charge on any atom is -0.453 e. The SMILES string of the molecule is CC.COC(=O)N[C@H](C(=O)N1CCCC1c1ncc(C)[nH]1)C(C)C.[HH].[HH]. The number of likely N-dealkylation sites (tertiary alicyclic amines) is 1. The highest BCUT2D eigenvalue weighted by Crippen LogP contribution is 2.31. The number of nitrogens with zero attached hydrogens (tertiary/aromatic N) is 2. The van der Waals surface area contributed by atoms with Gasteiger partial charge >= 0.3 is 6.09 Å². The van der Waals surface area contributed by atoms with Crippen LogP contribution in [0.1, 0.15) is 61.0 Å². The lowest BCUT2D eigenvalue weighted by atomic mass is 10.0. The number of rotatable bonds is 4. The lowest BCUT2D eigenvalue weighted by Gasteiger charge is -2.29. The molecule has 1 aliphatic rings. The quantitative estimate of drug-likeness (QED) is 0.879. The Balaban J connectivity index is 0. The van der Waals surface area contributed by atoms with Gasteiger partial charge in [-0.2, -0.15) is 0 Å². The standard InChI is InChI=1S/C15H24N4O3.C2H6.2H2/c1-9(2)12(18-15(21)22-4)14(20)19-7-5-6-11(19)13-16-8-10(3)17-13;1-2;;/h8-9,11-12H,5-7H2,1-4H3,(H,16,17)(H,18,21);1-2H3;2*1H/t11?,12-;;;/m0.../s1. The van der Waals surface area contributed by atoms with Crippen LogP contribution in [-0.4, -0.2) is 46.6 Å². The van der Waals surface area contributed by atoms with Crippen LogP contribution >= 0.6 is 0 Å². The van der Waals surface area contributed by atoms with Crippen LogP contribution in [-0.2, 0) is 9.53 Å². The van der Waals surface area contributed by atoms with Crippen LogP contribution in [0.15, 0.2) is 6.20 Å². The van der Waals surface area contributed by atoms with E-state index in [1.807, 2.05) is 34.6 Å². The maximum atomic E-state index is 12.8. The molecular weight excluding hydrogens is 308 g/mol. The Kier molecular flexibility index (Phi) is 7.74. The summed E-state index contributed by atoms with van der Waals surface area (Å²) in [4.78, 5) is 33.7. The molecule has 1 fully saturated rings. The largest absolute Gasteiger partial charge is 0.453 e. The molecule has 1 saturated heterocycles. The number of hydrogen-bond acceptors (Lipinski definition) is 4. The molecule has 1 aromatic rings. The van der Waals surface area contributed by atoms with E-state index < -0.39 is 12.1 Å². The van der Waals surface area contributed by atoms with Gasteiger partial charge in [0.1, 0.15) is 11.9 Å². The van der Waals surface area contributed by atoms with Gasteiger partial charge in [0.25, 0.3) is 0 Å². The number of carbonyl (C=O) groups excluding carboxylic acids is 2. The second kappa shape index (κ2) is 9.30. The predicted molar refractivity (Wildman–Crippen MR) is 96.8 cm³/mol. The van der Waals surface area contributed by atoms with Crippen LogP contribution < -0.4 is 5.32 Å². The number of aromatic nitrogens is 2. The third kappa shape index (κ3) is 4.72. The minimum atomic E-state index is -0.593.